The average Bonchev–Trinajstić information content (AvgIpc) is 1.72. The van der Waals surface area contributed by atoms with Gasteiger partial charge in [-0.05, 0) is 140 Å². The highest BCUT2D eigenvalue weighted by Crippen LogP contribution is 2.30. The number of aliphatic hydroxyl groups excluding tert-OH is 1. The molecule has 0 radical (unpaired) electrons. The summed E-state index contributed by atoms with van der Waals surface area (Å²) in [4.78, 5) is 60.8. The molecule has 7 heterocycles. The molecule has 24 nitrogen and oxygen atoms in total. The van der Waals surface area contributed by atoms with Gasteiger partial charge < -0.3 is 62.4 Å². The second-order valence-corrected chi connectivity index (χ2v) is 20.4. The van der Waals surface area contributed by atoms with Gasteiger partial charge in [-0.15, -0.1) is 52.7 Å². The Bertz CT molecular complexity index is 4590. The summed E-state index contributed by atoms with van der Waals surface area (Å²) < 4.78 is 197. The Labute approximate surface area is 570 Å². The number of aromatic hydroxyl groups is 1. The zero-order chi connectivity index (χ0) is 74.2. The number of rotatable bonds is 14. The number of alkyl halides is 12. The summed E-state index contributed by atoms with van der Waals surface area (Å²) in [5, 5.41) is 16.3. The molecule has 11 rings (SSSR count). The molecule has 0 bridgehead atoms. The third-order valence-electron chi connectivity index (χ3n) is 12.4. The van der Waals surface area contributed by atoms with Gasteiger partial charge in [0, 0.05) is 114 Å². The summed E-state index contributed by atoms with van der Waals surface area (Å²) in [7, 11) is 1.00. The number of nitrogens with zero attached hydrogens (tertiary/aromatic N) is 7. The minimum atomic E-state index is -4.78. The van der Waals surface area contributed by atoms with Crippen LogP contribution in [0.1, 0.15) is 52.8 Å². The number of anilines is 1. The normalized spacial score (nSPS) is 11.5. The molecule has 4 N–H and O–H groups in total. The molecular formula is C64H61BrF12N8O16. The Morgan fingerprint density at radius 2 is 0.723 bits per heavy atom. The molecule has 37 heteroatoms. The van der Waals surface area contributed by atoms with Gasteiger partial charge in [0.1, 0.15) is 34.4 Å². The van der Waals surface area contributed by atoms with E-state index in [2.05, 4.69) is 49.8 Å². The van der Waals surface area contributed by atoms with Gasteiger partial charge in [-0.3, -0.25) is 37.4 Å². The van der Waals surface area contributed by atoms with E-state index >= 15 is 0 Å². The predicted octanol–water partition coefficient (Wildman–Crippen LogP) is 14.4. The van der Waals surface area contributed by atoms with Gasteiger partial charge >= 0.3 is 25.4 Å². The zero-order valence-electron chi connectivity index (χ0n) is 53.1. The molecule has 0 atom stereocenters. The number of aliphatic hydroxyl groups is 1. The molecule has 0 amide bonds. The van der Waals surface area contributed by atoms with E-state index in [1.165, 1.54) is 93.1 Å². The van der Waals surface area contributed by atoms with Crippen molar-refractivity contribution in [2.24, 2.45) is 0 Å². The van der Waals surface area contributed by atoms with Crippen molar-refractivity contribution >= 4 is 54.9 Å². The first-order valence-corrected chi connectivity index (χ1v) is 29.3. The maximum atomic E-state index is 12.4. The Morgan fingerprint density at radius 3 is 1.04 bits per heavy atom. The predicted molar refractivity (Wildman–Crippen MR) is 344 cm³/mol. The molecule has 4 aromatic carbocycles. The number of halogens is 13. The fourth-order valence-corrected chi connectivity index (χ4v) is 9.11. The first kappa shape index (κ1) is 81.0. The maximum absolute atomic E-state index is 12.4. The number of aromatic nitrogens is 7. The van der Waals surface area contributed by atoms with Gasteiger partial charge in [0.25, 0.3) is 28.2 Å². The molecule has 0 aliphatic rings. The van der Waals surface area contributed by atoms with Gasteiger partial charge in [-0.25, -0.2) is 15.0 Å². The van der Waals surface area contributed by atoms with E-state index in [0.717, 1.165) is 60.2 Å². The van der Waals surface area contributed by atoms with Gasteiger partial charge in [-0.2, -0.15) is 0 Å². The van der Waals surface area contributed by atoms with Crippen LogP contribution in [0, 0.1) is 20.8 Å². The van der Waals surface area contributed by atoms with Crippen LogP contribution in [0.25, 0.3) is 56.0 Å². The minimum absolute atomic E-state index is 0. The molecule has 11 aromatic rings. The van der Waals surface area contributed by atoms with Crippen molar-refractivity contribution in [2.75, 3.05) is 32.7 Å². The number of aryl methyl sites for hydroxylation is 3. The summed E-state index contributed by atoms with van der Waals surface area (Å²) in [5.74, 6) is -1.64. The molecule has 7 aromatic heterocycles. The number of benzene rings is 4. The highest BCUT2D eigenvalue weighted by atomic mass is 79.9. The van der Waals surface area contributed by atoms with Crippen LogP contribution < -0.4 is 46.9 Å². The molecular weight excluding hydrogens is 1440 g/mol. The Balaban J connectivity index is 0.000000229. The lowest BCUT2D eigenvalue weighted by Crippen LogP contribution is -2.35. The monoisotopic (exact) mass is 1500 g/mol. The van der Waals surface area contributed by atoms with E-state index in [1.54, 1.807) is 39.8 Å². The van der Waals surface area contributed by atoms with E-state index in [9.17, 15) is 77.0 Å². The van der Waals surface area contributed by atoms with Crippen molar-refractivity contribution in [3.05, 3.63) is 204 Å². The highest BCUT2D eigenvalue weighted by Gasteiger charge is 2.34. The van der Waals surface area contributed by atoms with Crippen LogP contribution in [0.4, 0.5) is 58.4 Å². The quantitative estimate of drug-likeness (QED) is 0.0673. The lowest BCUT2D eigenvalue weighted by Gasteiger charge is -2.27. The summed E-state index contributed by atoms with van der Waals surface area (Å²) in [6.45, 7) is 14.1. The molecule has 0 unspecified atom stereocenters. The number of hydrogen-bond donors (Lipinski definition) is 3. The van der Waals surface area contributed by atoms with Crippen molar-refractivity contribution in [3.63, 3.8) is 0 Å². The Kier molecular flexibility index (Phi) is 27.6. The first-order chi connectivity index (χ1) is 46.9. The van der Waals surface area contributed by atoms with E-state index < -0.39 is 59.4 Å². The molecule has 0 saturated heterocycles. The molecule has 0 spiro atoms. The summed E-state index contributed by atoms with van der Waals surface area (Å²) in [6.07, 6.45) is -13.4. The molecule has 0 aliphatic carbocycles. The van der Waals surface area contributed by atoms with Crippen molar-refractivity contribution < 1.29 is 109 Å². The number of hydrogen-bond acceptors (Lipinski definition) is 20. The SMILES string of the molecule is C.CCOC(C)(OCC)OCC.CO.Cc1nc2c(=O)n(-c3ccc(OC(F)(F)F)cc3)cc(Br)c2o1.Cc1nc2c(=O)n(-c3ccc(OC(F)(F)F)cc3)ccc2o1.Cc1nc2c(=O)n(-c3ccc(OC(F)(F)F)cc3)ccc2o1.Nc1c(O)ccn(-c2ccc(OC(F)(F)F)cc2)c1=O. The largest absolute Gasteiger partial charge is 0.573 e. The number of pyridine rings is 4. The summed E-state index contributed by atoms with van der Waals surface area (Å²) >= 11 is 3.28. The lowest BCUT2D eigenvalue weighted by atomic mass is 10.3. The first-order valence-electron chi connectivity index (χ1n) is 28.5. The maximum Gasteiger partial charge on any atom is 0.573 e. The molecule has 544 valence electrons. The van der Waals surface area contributed by atoms with E-state index in [0.29, 0.717) is 75.8 Å². The van der Waals surface area contributed by atoms with Crippen molar-refractivity contribution in [3.8, 4) is 51.5 Å². The van der Waals surface area contributed by atoms with Crippen LogP contribution in [-0.2, 0) is 14.2 Å². The van der Waals surface area contributed by atoms with Crippen LogP contribution >= 0.6 is 15.9 Å². The fourth-order valence-electron chi connectivity index (χ4n) is 8.63. The molecule has 101 heavy (non-hydrogen) atoms. The van der Waals surface area contributed by atoms with Crippen LogP contribution in [-0.4, -0.2) is 102 Å². The third kappa shape index (κ3) is 23.0. The average molecular weight is 1510 g/mol. The van der Waals surface area contributed by atoms with Crippen LogP contribution in [0.5, 0.6) is 28.7 Å². The minimum Gasteiger partial charge on any atom is -0.506 e. The molecule has 0 aliphatic heterocycles. The summed E-state index contributed by atoms with van der Waals surface area (Å²) in [6, 6.07) is 23.9. The number of oxazole rings is 3. The second kappa shape index (κ2) is 34.4. The van der Waals surface area contributed by atoms with Crippen molar-refractivity contribution in [1.29, 1.82) is 0 Å². The number of nitrogen functional groups attached to an aromatic ring is 1. The topological polar surface area (TPSA) is 297 Å². The Morgan fingerprint density at radius 1 is 0.446 bits per heavy atom. The highest BCUT2D eigenvalue weighted by molar-refractivity contribution is 9.10. The van der Waals surface area contributed by atoms with Crippen LogP contribution in [0.3, 0.4) is 0 Å². The third-order valence-corrected chi connectivity index (χ3v) is 13.0. The number of ether oxygens (including phenoxy) is 7. The second-order valence-electron chi connectivity index (χ2n) is 19.6. The fraction of sp³-hybridized carbons (Fsp3) is 0.266. The van der Waals surface area contributed by atoms with Gasteiger partial charge in [0.05, 0.1) is 4.47 Å². The zero-order valence-corrected chi connectivity index (χ0v) is 54.7. The van der Waals surface area contributed by atoms with Crippen LogP contribution in [0.15, 0.2) is 177 Å². The van der Waals surface area contributed by atoms with Crippen LogP contribution in [0.2, 0.25) is 0 Å². The Hall–Kier alpha value is -10.6. The summed E-state index contributed by atoms with van der Waals surface area (Å²) in [5.41, 5.74) is 6.01. The van der Waals surface area contributed by atoms with Gasteiger partial charge in [0.2, 0.25) is 0 Å². The molecule has 0 fully saturated rings. The van der Waals surface area contributed by atoms with Gasteiger partial charge in [0.15, 0.2) is 51.0 Å². The molecule has 0 saturated carbocycles. The number of nitrogens with two attached hydrogens (primary N) is 1. The lowest BCUT2D eigenvalue weighted by molar-refractivity contribution is -0.365. The number of fused-ring (bicyclic) bond motifs is 3. The van der Waals surface area contributed by atoms with Gasteiger partial charge in [-0.1, -0.05) is 7.43 Å². The van der Waals surface area contributed by atoms with Crippen molar-refractivity contribution in [2.45, 2.75) is 87.3 Å². The standard InChI is InChI=1S/C14H8BrF3N2O3.2C14H9F3N2O3.C12H9F3N2O3.C8H18O3.CH4O.CH4/c1-7-19-11-12(22-7)10(15)6-20(13(11)21)8-2-4-9(5-3-8)23-14(16,17)18;2*1-8-18-12-11(21-8)6-7-19(13(12)20)9-2-4-10(5-3-9)22-14(15,16)17;13-12(14,15)20-8-3-1-7(2-4-8)17-6-5-9(18)10(16)11(17)19;1-5-9-8(4,10-6-2)11-7-3;1-2;/h2-6H,1H3;2*2-7H,1H3;1-6,18H,16H2;5-7H2,1-4H3;2H,1H3;1H4. The van der Waals surface area contributed by atoms with Crippen molar-refractivity contribution in [1.82, 2.24) is 33.2 Å². The van der Waals surface area contributed by atoms with E-state index in [-0.39, 0.29) is 58.3 Å². The van der Waals surface area contributed by atoms with E-state index in [4.69, 9.17) is 38.3 Å². The van der Waals surface area contributed by atoms with E-state index in [1.807, 2.05) is 20.8 Å². The smallest absolute Gasteiger partial charge is 0.506 e.